The van der Waals surface area contributed by atoms with Crippen molar-refractivity contribution in [1.82, 2.24) is 4.98 Å². The monoisotopic (exact) mass is 361 g/mol. The zero-order valence-corrected chi connectivity index (χ0v) is 15.6. The molecule has 0 unspecified atom stereocenters. The lowest BCUT2D eigenvalue weighted by molar-refractivity contribution is 0.0992. The van der Waals surface area contributed by atoms with Crippen molar-refractivity contribution in [3.8, 4) is 5.75 Å². The molecule has 0 aliphatic heterocycles. The van der Waals surface area contributed by atoms with Gasteiger partial charge in [0.15, 0.2) is 0 Å². The first-order valence-corrected chi connectivity index (χ1v) is 8.84. The Morgan fingerprint density at radius 1 is 1.04 bits per heavy atom. The summed E-state index contributed by atoms with van der Waals surface area (Å²) in [5.74, 6) is 1.54. The molecule has 5 nitrogen and oxygen atoms in total. The Labute approximate surface area is 159 Å². The van der Waals surface area contributed by atoms with E-state index in [1.54, 1.807) is 31.3 Å². The van der Waals surface area contributed by atoms with Crippen LogP contribution in [0.25, 0.3) is 0 Å². The number of methoxy groups -OCH3 is 1. The first-order chi connectivity index (χ1) is 13.2. The number of hydrogen-bond acceptors (Lipinski definition) is 4. The second-order valence-electron chi connectivity index (χ2n) is 6.12. The number of benzene rings is 2. The zero-order valence-electron chi connectivity index (χ0n) is 15.6. The van der Waals surface area contributed by atoms with Crippen LogP contribution in [0.2, 0.25) is 0 Å². The van der Waals surface area contributed by atoms with Gasteiger partial charge in [0.05, 0.1) is 12.7 Å². The van der Waals surface area contributed by atoms with Gasteiger partial charge in [-0.05, 0) is 42.3 Å². The number of aromatic nitrogens is 1. The molecule has 0 spiro atoms. The standard InChI is InChI=1S/C22H23N3O2/c1-25(19-9-4-3-5-10-19)22(26)18-12-13-21(24-16-18)23-15-14-17-8-6-7-11-20(17)27-2/h3-13,16H,14-15H2,1-2H3,(H,23,24). The third-order valence-corrected chi connectivity index (χ3v) is 4.35. The van der Waals surface area contributed by atoms with Gasteiger partial charge in [-0.15, -0.1) is 0 Å². The van der Waals surface area contributed by atoms with Crippen molar-refractivity contribution in [2.75, 3.05) is 30.9 Å². The summed E-state index contributed by atoms with van der Waals surface area (Å²) in [6.45, 7) is 0.727. The van der Waals surface area contributed by atoms with Gasteiger partial charge in [0, 0.05) is 25.5 Å². The first-order valence-electron chi connectivity index (χ1n) is 8.84. The predicted molar refractivity (Wildman–Crippen MR) is 109 cm³/mol. The second-order valence-corrected chi connectivity index (χ2v) is 6.12. The molecule has 1 amide bonds. The number of amides is 1. The van der Waals surface area contributed by atoms with Crippen LogP contribution in [-0.4, -0.2) is 31.6 Å². The molecule has 0 saturated heterocycles. The van der Waals surface area contributed by atoms with Gasteiger partial charge in [-0.3, -0.25) is 4.79 Å². The molecular weight excluding hydrogens is 338 g/mol. The molecule has 1 heterocycles. The Kier molecular flexibility index (Phi) is 6.05. The highest BCUT2D eigenvalue weighted by molar-refractivity contribution is 6.05. The SMILES string of the molecule is COc1ccccc1CCNc1ccc(C(=O)N(C)c2ccccc2)cn1. The van der Waals surface area contributed by atoms with Crippen molar-refractivity contribution in [2.24, 2.45) is 0 Å². The predicted octanol–water partition coefficient (Wildman–Crippen LogP) is 4.02. The van der Waals surface area contributed by atoms with E-state index in [-0.39, 0.29) is 5.91 Å². The van der Waals surface area contributed by atoms with Crippen molar-refractivity contribution in [3.05, 3.63) is 84.1 Å². The number of hydrogen-bond donors (Lipinski definition) is 1. The number of nitrogens with zero attached hydrogens (tertiary/aromatic N) is 2. The van der Waals surface area contributed by atoms with Crippen LogP contribution in [0, 0.1) is 0 Å². The number of pyridine rings is 1. The molecule has 0 atom stereocenters. The molecule has 5 heteroatoms. The Morgan fingerprint density at radius 3 is 2.48 bits per heavy atom. The van der Waals surface area contributed by atoms with E-state index < -0.39 is 0 Å². The molecule has 0 bridgehead atoms. The van der Waals surface area contributed by atoms with Crippen molar-refractivity contribution in [2.45, 2.75) is 6.42 Å². The lowest BCUT2D eigenvalue weighted by Crippen LogP contribution is -2.26. The lowest BCUT2D eigenvalue weighted by atomic mass is 10.1. The van der Waals surface area contributed by atoms with E-state index in [1.807, 2.05) is 54.6 Å². The topological polar surface area (TPSA) is 54.5 Å². The number of carbonyl (C=O) groups is 1. The normalized spacial score (nSPS) is 10.3. The Morgan fingerprint density at radius 2 is 1.78 bits per heavy atom. The van der Waals surface area contributed by atoms with Crippen LogP contribution in [0.3, 0.4) is 0 Å². The molecule has 3 aromatic rings. The Bertz CT molecular complexity index is 880. The number of rotatable bonds is 7. The average molecular weight is 361 g/mol. The maximum Gasteiger partial charge on any atom is 0.259 e. The highest BCUT2D eigenvalue weighted by atomic mass is 16.5. The molecule has 0 radical (unpaired) electrons. The second kappa shape index (κ2) is 8.85. The van der Waals surface area contributed by atoms with E-state index in [2.05, 4.69) is 16.4 Å². The Hall–Kier alpha value is -3.34. The van der Waals surface area contributed by atoms with Gasteiger partial charge in [-0.25, -0.2) is 4.98 Å². The van der Waals surface area contributed by atoms with Gasteiger partial charge in [-0.2, -0.15) is 0 Å². The largest absolute Gasteiger partial charge is 0.496 e. The van der Waals surface area contributed by atoms with Crippen LogP contribution >= 0.6 is 0 Å². The quantitative estimate of drug-likeness (QED) is 0.690. The van der Waals surface area contributed by atoms with Crippen LogP contribution in [0.4, 0.5) is 11.5 Å². The summed E-state index contributed by atoms with van der Waals surface area (Å²) >= 11 is 0. The van der Waals surface area contributed by atoms with E-state index in [0.29, 0.717) is 5.56 Å². The summed E-state index contributed by atoms with van der Waals surface area (Å²) in [5, 5.41) is 3.28. The molecule has 27 heavy (non-hydrogen) atoms. The molecule has 0 fully saturated rings. The number of nitrogens with one attached hydrogen (secondary N) is 1. The van der Waals surface area contributed by atoms with Crippen molar-refractivity contribution in [3.63, 3.8) is 0 Å². The van der Waals surface area contributed by atoms with E-state index in [4.69, 9.17) is 4.74 Å². The van der Waals surface area contributed by atoms with Gasteiger partial charge in [0.1, 0.15) is 11.6 Å². The summed E-state index contributed by atoms with van der Waals surface area (Å²) in [5.41, 5.74) is 2.54. The fourth-order valence-electron chi connectivity index (χ4n) is 2.82. The molecule has 0 saturated carbocycles. The molecule has 138 valence electrons. The molecule has 0 aliphatic carbocycles. The Balaban J connectivity index is 1.58. The van der Waals surface area contributed by atoms with Gasteiger partial charge in [-0.1, -0.05) is 36.4 Å². The number of para-hydroxylation sites is 2. The van der Waals surface area contributed by atoms with Gasteiger partial charge < -0.3 is 15.0 Å². The van der Waals surface area contributed by atoms with Gasteiger partial charge >= 0.3 is 0 Å². The van der Waals surface area contributed by atoms with E-state index in [0.717, 1.165) is 35.8 Å². The fraction of sp³-hybridized carbons (Fsp3) is 0.182. The minimum Gasteiger partial charge on any atom is -0.496 e. The number of anilines is 2. The third kappa shape index (κ3) is 4.64. The first kappa shape index (κ1) is 18.5. The van der Waals surface area contributed by atoms with Crippen LogP contribution in [0.5, 0.6) is 5.75 Å². The molecule has 0 aliphatic rings. The van der Waals surface area contributed by atoms with Gasteiger partial charge in [0.25, 0.3) is 5.91 Å². The maximum absolute atomic E-state index is 12.6. The highest BCUT2D eigenvalue weighted by Gasteiger charge is 2.13. The van der Waals surface area contributed by atoms with E-state index >= 15 is 0 Å². The highest BCUT2D eigenvalue weighted by Crippen LogP contribution is 2.18. The van der Waals surface area contributed by atoms with Crippen LogP contribution in [-0.2, 0) is 6.42 Å². The van der Waals surface area contributed by atoms with Crippen LogP contribution in [0.1, 0.15) is 15.9 Å². The molecule has 2 aromatic carbocycles. The number of ether oxygens (including phenoxy) is 1. The number of carbonyl (C=O) groups excluding carboxylic acids is 1. The molecular formula is C22H23N3O2. The maximum atomic E-state index is 12.6. The molecule has 1 N–H and O–H groups in total. The van der Waals surface area contributed by atoms with E-state index in [9.17, 15) is 4.79 Å². The molecule has 3 rings (SSSR count). The molecule has 1 aromatic heterocycles. The minimum atomic E-state index is -0.0886. The average Bonchev–Trinajstić information content (AvgIpc) is 2.74. The zero-order chi connectivity index (χ0) is 19.1. The smallest absolute Gasteiger partial charge is 0.259 e. The van der Waals surface area contributed by atoms with E-state index in [1.165, 1.54) is 0 Å². The van der Waals surface area contributed by atoms with Crippen molar-refractivity contribution < 1.29 is 9.53 Å². The summed E-state index contributed by atoms with van der Waals surface area (Å²) in [6, 6.07) is 21.1. The summed E-state index contributed by atoms with van der Waals surface area (Å²) in [4.78, 5) is 18.6. The van der Waals surface area contributed by atoms with Crippen LogP contribution in [0.15, 0.2) is 72.9 Å². The summed E-state index contributed by atoms with van der Waals surface area (Å²) in [7, 11) is 3.44. The fourth-order valence-corrected chi connectivity index (χ4v) is 2.82. The third-order valence-electron chi connectivity index (χ3n) is 4.35. The summed E-state index contributed by atoms with van der Waals surface area (Å²) in [6.07, 6.45) is 2.43. The van der Waals surface area contributed by atoms with Crippen LogP contribution < -0.4 is 15.0 Å². The van der Waals surface area contributed by atoms with Crippen molar-refractivity contribution >= 4 is 17.4 Å². The summed E-state index contributed by atoms with van der Waals surface area (Å²) < 4.78 is 5.36. The van der Waals surface area contributed by atoms with Crippen molar-refractivity contribution in [1.29, 1.82) is 0 Å². The minimum absolute atomic E-state index is 0.0886. The lowest BCUT2D eigenvalue weighted by Gasteiger charge is -2.17. The van der Waals surface area contributed by atoms with Gasteiger partial charge in [0.2, 0.25) is 0 Å².